The summed E-state index contributed by atoms with van der Waals surface area (Å²) in [5.74, 6) is -3.46. The molecule has 1 aliphatic carbocycles. The van der Waals surface area contributed by atoms with Crippen LogP contribution in [0.4, 0.5) is 5.69 Å². The molecule has 4 rings (SSSR count). The number of carbonyl (C=O) groups excluding carboxylic acids is 2. The van der Waals surface area contributed by atoms with Crippen molar-refractivity contribution in [3.63, 3.8) is 0 Å². The molecule has 3 aromatic carbocycles. The fourth-order valence-corrected chi connectivity index (χ4v) is 5.31. The van der Waals surface area contributed by atoms with Gasteiger partial charge in [0, 0.05) is 23.6 Å². The van der Waals surface area contributed by atoms with Gasteiger partial charge in [0.25, 0.3) is 5.91 Å². The van der Waals surface area contributed by atoms with E-state index in [0.717, 1.165) is 10.8 Å². The first kappa shape index (κ1) is 26.9. The number of rotatable bonds is 8. The Balaban J connectivity index is 1.40. The first-order valence-corrected chi connectivity index (χ1v) is 12.6. The van der Waals surface area contributed by atoms with Crippen molar-refractivity contribution in [2.24, 2.45) is 16.7 Å². The Morgan fingerprint density at radius 1 is 0.921 bits per heavy atom. The fourth-order valence-electron chi connectivity index (χ4n) is 5.31. The Morgan fingerprint density at radius 3 is 2.18 bits per heavy atom. The summed E-state index contributed by atoms with van der Waals surface area (Å²) in [7, 11) is 0. The smallest absolute Gasteiger partial charge is 0.326 e. The molecule has 0 aromatic heterocycles. The van der Waals surface area contributed by atoms with Crippen molar-refractivity contribution in [2.45, 2.75) is 46.1 Å². The highest BCUT2D eigenvalue weighted by atomic mass is 16.4. The summed E-state index contributed by atoms with van der Waals surface area (Å²) in [4.78, 5) is 49.6. The van der Waals surface area contributed by atoms with E-state index in [2.05, 4.69) is 10.6 Å². The van der Waals surface area contributed by atoms with E-state index in [9.17, 15) is 29.4 Å². The predicted octanol–water partition coefficient (Wildman–Crippen LogP) is 4.73. The normalized spacial score (nSPS) is 21.0. The molecule has 3 atom stereocenters. The molecule has 0 aliphatic heterocycles. The van der Waals surface area contributed by atoms with Crippen LogP contribution in [0.1, 0.15) is 49.5 Å². The zero-order chi connectivity index (χ0) is 27.7. The molecular formula is C30H32N2O6. The molecule has 1 fully saturated rings. The van der Waals surface area contributed by atoms with E-state index in [4.69, 9.17) is 0 Å². The molecule has 1 saturated carbocycles. The lowest BCUT2D eigenvalue weighted by Crippen LogP contribution is -2.49. The number of amides is 2. The molecule has 0 saturated heterocycles. The van der Waals surface area contributed by atoms with E-state index in [-0.39, 0.29) is 12.3 Å². The van der Waals surface area contributed by atoms with Gasteiger partial charge in [0.2, 0.25) is 5.91 Å². The van der Waals surface area contributed by atoms with Crippen LogP contribution in [0, 0.1) is 16.7 Å². The number of carbonyl (C=O) groups is 4. The zero-order valence-electron chi connectivity index (χ0n) is 21.7. The summed E-state index contributed by atoms with van der Waals surface area (Å²) in [6.07, 6.45) is 0.764. The van der Waals surface area contributed by atoms with E-state index in [1.54, 1.807) is 51.1 Å². The number of benzene rings is 3. The molecule has 2 amide bonds. The second-order valence-corrected chi connectivity index (χ2v) is 10.8. The van der Waals surface area contributed by atoms with E-state index in [1.165, 1.54) is 0 Å². The lowest BCUT2D eigenvalue weighted by molar-refractivity contribution is -0.155. The van der Waals surface area contributed by atoms with Gasteiger partial charge in [-0.3, -0.25) is 14.4 Å². The van der Waals surface area contributed by atoms with Crippen LogP contribution in [0.25, 0.3) is 10.8 Å². The summed E-state index contributed by atoms with van der Waals surface area (Å²) in [5, 5.41) is 26.9. The van der Waals surface area contributed by atoms with E-state index in [0.29, 0.717) is 29.7 Å². The number of carboxylic acids is 2. The largest absolute Gasteiger partial charge is 0.481 e. The number of nitrogens with one attached hydrogen (secondary N) is 2. The number of hydrogen-bond donors (Lipinski definition) is 4. The van der Waals surface area contributed by atoms with Gasteiger partial charge < -0.3 is 20.8 Å². The molecule has 0 bridgehead atoms. The SMILES string of the molecule is CC1(C(=O)O)CCC(C(=O)N[C@@H](Cc2ccc(NC(=O)c3ccc4ccccc4c3)cc2)C(=O)O)C1(C)C. The van der Waals surface area contributed by atoms with Crippen molar-refractivity contribution in [1.82, 2.24) is 5.32 Å². The van der Waals surface area contributed by atoms with Crippen LogP contribution >= 0.6 is 0 Å². The molecule has 8 nitrogen and oxygen atoms in total. The average Bonchev–Trinajstić information content (AvgIpc) is 3.13. The molecule has 1 aliphatic rings. The molecule has 198 valence electrons. The number of aliphatic carboxylic acids is 2. The standard InChI is InChI=1S/C30H32N2O6/c1-29(2)23(14-15-30(29,3)28(37)38)26(34)32-24(27(35)36)16-18-8-12-22(13-9-18)31-25(33)21-11-10-19-6-4-5-7-20(19)17-21/h4-13,17,23-24H,14-16H2,1-3H3,(H,31,33)(H,32,34)(H,35,36)(H,37,38)/t23?,24-,30?/m0/s1. The molecule has 0 radical (unpaired) electrons. The molecule has 4 N–H and O–H groups in total. The van der Waals surface area contributed by atoms with Crippen LogP contribution in [-0.2, 0) is 20.8 Å². The Labute approximate surface area is 221 Å². The Bertz CT molecular complexity index is 1400. The minimum Gasteiger partial charge on any atom is -0.481 e. The summed E-state index contributed by atoms with van der Waals surface area (Å²) in [5.41, 5.74) is -0.154. The van der Waals surface area contributed by atoms with E-state index in [1.807, 2.05) is 36.4 Å². The maximum absolute atomic E-state index is 13.1. The van der Waals surface area contributed by atoms with E-state index < -0.39 is 40.6 Å². The summed E-state index contributed by atoms with van der Waals surface area (Å²) in [6, 6.07) is 18.9. The van der Waals surface area contributed by atoms with E-state index >= 15 is 0 Å². The van der Waals surface area contributed by atoms with Gasteiger partial charge in [0.1, 0.15) is 6.04 Å². The topological polar surface area (TPSA) is 133 Å². The third-order valence-corrected chi connectivity index (χ3v) is 8.29. The molecule has 8 heteroatoms. The molecule has 0 spiro atoms. The Hall–Kier alpha value is -4.20. The van der Waals surface area contributed by atoms with Crippen LogP contribution in [0.3, 0.4) is 0 Å². The fraction of sp³-hybridized carbons (Fsp3) is 0.333. The van der Waals surface area contributed by atoms with Crippen molar-refractivity contribution in [1.29, 1.82) is 0 Å². The molecule has 2 unspecified atom stereocenters. The van der Waals surface area contributed by atoms with Crippen LogP contribution in [0.2, 0.25) is 0 Å². The third kappa shape index (κ3) is 5.11. The highest BCUT2D eigenvalue weighted by molar-refractivity contribution is 6.06. The second-order valence-electron chi connectivity index (χ2n) is 10.8. The lowest BCUT2D eigenvalue weighted by Gasteiger charge is -2.38. The third-order valence-electron chi connectivity index (χ3n) is 8.29. The van der Waals surface area contributed by atoms with Crippen molar-refractivity contribution in [2.75, 3.05) is 5.32 Å². The molecule has 38 heavy (non-hydrogen) atoms. The van der Waals surface area contributed by atoms with Crippen molar-refractivity contribution < 1.29 is 29.4 Å². The van der Waals surface area contributed by atoms with Gasteiger partial charge in [0.05, 0.1) is 5.41 Å². The van der Waals surface area contributed by atoms with Crippen molar-refractivity contribution in [3.05, 3.63) is 77.9 Å². The lowest BCUT2D eigenvalue weighted by atomic mass is 9.65. The van der Waals surface area contributed by atoms with Crippen LogP contribution in [0.15, 0.2) is 66.7 Å². The Morgan fingerprint density at radius 2 is 1.58 bits per heavy atom. The highest BCUT2D eigenvalue weighted by Crippen LogP contribution is 2.56. The number of fused-ring (bicyclic) bond motifs is 1. The minimum absolute atomic E-state index is 0.0450. The monoisotopic (exact) mass is 516 g/mol. The predicted molar refractivity (Wildman–Crippen MR) is 144 cm³/mol. The van der Waals surface area contributed by atoms with Gasteiger partial charge >= 0.3 is 11.9 Å². The average molecular weight is 517 g/mol. The number of hydrogen-bond acceptors (Lipinski definition) is 4. The van der Waals surface area contributed by atoms with Gasteiger partial charge in [-0.2, -0.15) is 0 Å². The molecule has 3 aromatic rings. The second kappa shape index (κ2) is 10.3. The first-order chi connectivity index (χ1) is 17.9. The molecular weight excluding hydrogens is 484 g/mol. The first-order valence-electron chi connectivity index (χ1n) is 12.6. The summed E-state index contributed by atoms with van der Waals surface area (Å²) < 4.78 is 0. The van der Waals surface area contributed by atoms with Crippen LogP contribution < -0.4 is 10.6 Å². The van der Waals surface area contributed by atoms with Crippen LogP contribution in [-0.4, -0.2) is 40.0 Å². The van der Waals surface area contributed by atoms with Crippen molar-refractivity contribution in [3.8, 4) is 0 Å². The van der Waals surface area contributed by atoms with Gasteiger partial charge in [0.15, 0.2) is 0 Å². The van der Waals surface area contributed by atoms with Gasteiger partial charge in [-0.1, -0.05) is 56.3 Å². The minimum atomic E-state index is -1.18. The summed E-state index contributed by atoms with van der Waals surface area (Å²) in [6.45, 7) is 5.13. The highest BCUT2D eigenvalue weighted by Gasteiger charge is 2.58. The molecule has 0 heterocycles. The van der Waals surface area contributed by atoms with Gasteiger partial charge in [-0.05, 0) is 65.8 Å². The number of anilines is 1. The number of carboxylic acid groups (broad SMARTS) is 2. The quantitative estimate of drug-likeness (QED) is 0.342. The Kier molecular flexibility index (Phi) is 7.26. The van der Waals surface area contributed by atoms with Crippen molar-refractivity contribution >= 4 is 40.2 Å². The van der Waals surface area contributed by atoms with Gasteiger partial charge in [-0.15, -0.1) is 0 Å². The maximum atomic E-state index is 13.1. The maximum Gasteiger partial charge on any atom is 0.326 e. The van der Waals surface area contributed by atoms with Crippen LogP contribution in [0.5, 0.6) is 0 Å². The summed E-state index contributed by atoms with van der Waals surface area (Å²) >= 11 is 0. The zero-order valence-corrected chi connectivity index (χ0v) is 21.7. The van der Waals surface area contributed by atoms with Gasteiger partial charge in [-0.25, -0.2) is 4.79 Å².